The molecular formula is C26H22Cl2FN5O2S. The number of benzene rings is 2. The van der Waals surface area contributed by atoms with Gasteiger partial charge in [-0.1, -0.05) is 53.5 Å². The lowest BCUT2D eigenvalue weighted by Gasteiger charge is -2.36. The SMILES string of the molecule is O=S(=O)(Cc1ccccc1)c1nc(-c2ccc(F)c(Cl)c2)cc(N2CCN(c3ncccc3Cl)CC2)n1. The van der Waals surface area contributed by atoms with Crippen molar-refractivity contribution >= 4 is 44.7 Å². The van der Waals surface area contributed by atoms with Crippen LogP contribution in [-0.2, 0) is 15.6 Å². The third-order valence-electron chi connectivity index (χ3n) is 6.03. The number of piperazine rings is 1. The number of aromatic nitrogens is 3. The molecule has 0 spiro atoms. The van der Waals surface area contributed by atoms with Gasteiger partial charge in [0, 0.05) is 44.0 Å². The van der Waals surface area contributed by atoms with E-state index >= 15 is 0 Å². The van der Waals surface area contributed by atoms with Gasteiger partial charge in [0.1, 0.15) is 17.5 Å². The Morgan fingerprint density at radius 3 is 2.27 bits per heavy atom. The van der Waals surface area contributed by atoms with Gasteiger partial charge in [0.05, 0.1) is 21.5 Å². The fourth-order valence-electron chi connectivity index (χ4n) is 4.13. The molecule has 190 valence electrons. The minimum Gasteiger partial charge on any atom is -0.353 e. The molecule has 5 rings (SSSR count). The van der Waals surface area contributed by atoms with Crippen molar-refractivity contribution in [3.05, 3.63) is 94.4 Å². The van der Waals surface area contributed by atoms with Gasteiger partial charge in [-0.2, -0.15) is 0 Å². The molecule has 2 aromatic carbocycles. The summed E-state index contributed by atoms with van der Waals surface area (Å²) in [6.07, 6.45) is 1.70. The molecule has 1 saturated heterocycles. The molecule has 0 N–H and O–H groups in total. The van der Waals surface area contributed by atoms with E-state index in [9.17, 15) is 12.8 Å². The van der Waals surface area contributed by atoms with Crippen LogP contribution < -0.4 is 9.80 Å². The summed E-state index contributed by atoms with van der Waals surface area (Å²) in [6.45, 7) is 2.35. The van der Waals surface area contributed by atoms with E-state index in [-0.39, 0.29) is 15.9 Å². The van der Waals surface area contributed by atoms with Gasteiger partial charge < -0.3 is 9.80 Å². The maximum atomic E-state index is 13.8. The number of hydrogen-bond acceptors (Lipinski definition) is 7. The molecule has 0 atom stereocenters. The van der Waals surface area contributed by atoms with Crippen LogP contribution in [-0.4, -0.2) is 49.5 Å². The smallest absolute Gasteiger partial charge is 0.249 e. The molecule has 1 fully saturated rings. The summed E-state index contributed by atoms with van der Waals surface area (Å²) < 4.78 is 40.5. The van der Waals surface area contributed by atoms with Crippen molar-refractivity contribution in [2.24, 2.45) is 0 Å². The van der Waals surface area contributed by atoms with Gasteiger partial charge >= 0.3 is 0 Å². The van der Waals surface area contributed by atoms with Crippen LogP contribution in [0.1, 0.15) is 5.56 Å². The average Bonchev–Trinajstić information content (AvgIpc) is 2.91. The fraction of sp³-hybridized carbons (Fsp3) is 0.192. The van der Waals surface area contributed by atoms with Crippen molar-refractivity contribution in [1.29, 1.82) is 0 Å². The molecule has 0 amide bonds. The van der Waals surface area contributed by atoms with Gasteiger partial charge in [0.15, 0.2) is 0 Å². The third kappa shape index (κ3) is 5.69. The number of pyridine rings is 1. The van der Waals surface area contributed by atoms with Crippen molar-refractivity contribution < 1.29 is 12.8 Å². The second kappa shape index (κ2) is 10.6. The molecule has 1 aliphatic heterocycles. The van der Waals surface area contributed by atoms with Crippen molar-refractivity contribution in [2.75, 3.05) is 36.0 Å². The highest BCUT2D eigenvalue weighted by Gasteiger charge is 2.26. The molecule has 2 aromatic heterocycles. The molecule has 4 aromatic rings. The predicted molar refractivity (Wildman–Crippen MR) is 143 cm³/mol. The third-order valence-corrected chi connectivity index (χ3v) is 8.06. The molecule has 0 unspecified atom stereocenters. The molecule has 0 radical (unpaired) electrons. The van der Waals surface area contributed by atoms with E-state index < -0.39 is 15.7 Å². The lowest BCUT2D eigenvalue weighted by Crippen LogP contribution is -2.47. The van der Waals surface area contributed by atoms with Gasteiger partial charge in [-0.15, -0.1) is 0 Å². The lowest BCUT2D eigenvalue weighted by molar-refractivity contribution is 0.584. The van der Waals surface area contributed by atoms with E-state index in [4.69, 9.17) is 23.2 Å². The van der Waals surface area contributed by atoms with Crippen LogP contribution in [0.25, 0.3) is 11.3 Å². The molecule has 0 saturated carbocycles. The van der Waals surface area contributed by atoms with E-state index in [0.29, 0.717) is 59.7 Å². The molecule has 0 bridgehead atoms. The highest BCUT2D eigenvalue weighted by Crippen LogP contribution is 2.29. The number of rotatable bonds is 6. The predicted octanol–water partition coefficient (Wildman–Crippen LogP) is 5.29. The van der Waals surface area contributed by atoms with Crippen molar-refractivity contribution in [3.8, 4) is 11.3 Å². The molecule has 1 aliphatic rings. The van der Waals surface area contributed by atoms with Crippen molar-refractivity contribution in [2.45, 2.75) is 10.9 Å². The van der Waals surface area contributed by atoms with Crippen LogP contribution in [0.5, 0.6) is 0 Å². The summed E-state index contributed by atoms with van der Waals surface area (Å²) in [5.41, 5.74) is 1.46. The van der Waals surface area contributed by atoms with Crippen LogP contribution in [0.15, 0.2) is 78.1 Å². The maximum Gasteiger partial charge on any atom is 0.249 e. The zero-order valence-electron chi connectivity index (χ0n) is 19.6. The molecule has 37 heavy (non-hydrogen) atoms. The second-order valence-corrected chi connectivity index (χ2v) is 11.2. The van der Waals surface area contributed by atoms with E-state index in [1.807, 2.05) is 11.0 Å². The monoisotopic (exact) mass is 557 g/mol. The quantitative estimate of drug-likeness (QED) is 0.298. The van der Waals surface area contributed by atoms with E-state index in [0.717, 1.165) is 0 Å². The minimum atomic E-state index is -3.88. The van der Waals surface area contributed by atoms with Gasteiger partial charge in [-0.3, -0.25) is 0 Å². The summed E-state index contributed by atoms with van der Waals surface area (Å²) in [5.74, 6) is 0.358. The average molecular weight is 558 g/mol. The molecular weight excluding hydrogens is 536 g/mol. The van der Waals surface area contributed by atoms with Crippen LogP contribution in [0, 0.1) is 5.82 Å². The van der Waals surface area contributed by atoms with Gasteiger partial charge in [0.25, 0.3) is 0 Å². The summed E-state index contributed by atoms with van der Waals surface area (Å²) in [4.78, 5) is 17.3. The minimum absolute atomic E-state index is 0.0767. The Morgan fingerprint density at radius 2 is 1.57 bits per heavy atom. The normalized spacial score (nSPS) is 14.1. The molecule has 3 heterocycles. The zero-order valence-corrected chi connectivity index (χ0v) is 21.9. The first kappa shape index (κ1) is 25.4. The Morgan fingerprint density at radius 1 is 0.838 bits per heavy atom. The molecule has 0 aliphatic carbocycles. The van der Waals surface area contributed by atoms with E-state index in [1.54, 1.807) is 48.7 Å². The Hall–Kier alpha value is -3.27. The van der Waals surface area contributed by atoms with E-state index in [1.165, 1.54) is 18.2 Å². The Balaban J connectivity index is 1.49. The topological polar surface area (TPSA) is 79.3 Å². The van der Waals surface area contributed by atoms with E-state index in [2.05, 4.69) is 19.9 Å². The summed E-state index contributed by atoms with van der Waals surface area (Å²) in [7, 11) is -3.88. The maximum absolute atomic E-state index is 13.8. The first-order valence-corrected chi connectivity index (χ1v) is 13.9. The summed E-state index contributed by atoms with van der Waals surface area (Å²) >= 11 is 12.3. The zero-order chi connectivity index (χ0) is 26.0. The largest absolute Gasteiger partial charge is 0.353 e. The summed E-state index contributed by atoms with van der Waals surface area (Å²) in [6, 6.07) is 18.3. The molecule has 11 heteroatoms. The van der Waals surface area contributed by atoms with Crippen LogP contribution in [0.3, 0.4) is 0 Å². The lowest BCUT2D eigenvalue weighted by atomic mass is 10.1. The van der Waals surface area contributed by atoms with Gasteiger partial charge in [-0.25, -0.2) is 27.8 Å². The highest BCUT2D eigenvalue weighted by molar-refractivity contribution is 7.90. The second-order valence-electron chi connectivity index (χ2n) is 8.55. The van der Waals surface area contributed by atoms with Crippen molar-refractivity contribution in [1.82, 2.24) is 15.0 Å². The number of hydrogen-bond donors (Lipinski definition) is 0. The van der Waals surface area contributed by atoms with Crippen LogP contribution in [0.2, 0.25) is 10.0 Å². The summed E-state index contributed by atoms with van der Waals surface area (Å²) in [5, 5.41) is 0.203. The van der Waals surface area contributed by atoms with Crippen LogP contribution >= 0.6 is 23.2 Å². The Bertz CT molecular complexity index is 1530. The first-order valence-electron chi connectivity index (χ1n) is 11.5. The fourth-order valence-corrected chi connectivity index (χ4v) is 5.78. The first-order chi connectivity index (χ1) is 17.8. The Labute approximate surface area is 224 Å². The number of sulfone groups is 1. The molecule has 7 nitrogen and oxygen atoms in total. The number of nitrogens with zero attached hydrogens (tertiary/aromatic N) is 5. The standard InChI is InChI=1S/C26H22Cl2FN5O2S/c27-20-7-4-10-30-25(20)34-13-11-33(12-14-34)24-16-23(19-8-9-22(29)21(28)15-19)31-26(32-24)37(35,36)17-18-5-2-1-3-6-18/h1-10,15-16H,11-14,17H2. The number of halogens is 3. The van der Waals surface area contributed by atoms with Crippen LogP contribution in [0.4, 0.5) is 16.0 Å². The number of anilines is 2. The van der Waals surface area contributed by atoms with Gasteiger partial charge in [0.2, 0.25) is 15.0 Å². The van der Waals surface area contributed by atoms with Gasteiger partial charge in [-0.05, 0) is 35.9 Å². The highest BCUT2D eigenvalue weighted by atomic mass is 35.5. The Kier molecular flexibility index (Phi) is 7.28. The van der Waals surface area contributed by atoms with Crippen molar-refractivity contribution in [3.63, 3.8) is 0 Å².